The van der Waals surface area contributed by atoms with Crippen molar-refractivity contribution in [1.82, 2.24) is 0 Å². The number of carbonyl (C=O) groups is 1. The van der Waals surface area contributed by atoms with Crippen LogP contribution in [0.3, 0.4) is 0 Å². The van der Waals surface area contributed by atoms with E-state index in [1.807, 2.05) is 0 Å². The zero-order valence-electron chi connectivity index (χ0n) is 4.78. The van der Waals surface area contributed by atoms with Gasteiger partial charge in [0.15, 0.2) is 6.21 Å². The number of oxime groups is 1. The standard InChI is InChI=1S/C5H7NO3/c7-5(8)3-6-9-4-1-2-4/h3-4H,1-2H2,(H,7,8)/b6-3+. The number of hydrogen-bond donors (Lipinski definition) is 1. The Morgan fingerprint density at radius 3 is 2.89 bits per heavy atom. The first kappa shape index (κ1) is 6.07. The fraction of sp³-hybridized carbons (Fsp3) is 0.600. The Morgan fingerprint density at radius 1 is 1.78 bits per heavy atom. The molecule has 1 saturated carbocycles. The van der Waals surface area contributed by atoms with Crippen LogP contribution in [0.4, 0.5) is 0 Å². The van der Waals surface area contributed by atoms with Gasteiger partial charge in [-0.25, -0.2) is 4.79 Å². The molecule has 0 spiro atoms. The van der Waals surface area contributed by atoms with Gasteiger partial charge in [0.2, 0.25) is 0 Å². The van der Waals surface area contributed by atoms with Gasteiger partial charge in [-0.1, -0.05) is 5.16 Å². The Labute approximate surface area is 52.1 Å². The monoisotopic (exact) mass is 129 g/mol. The summed E-state index contributed by atoms with van der Waals surface area (Å²) < 4.78 is 0. The summed E-state index contributed by atoms with van der Waals surface area (Å²) in [4.78, 5) is 14.4. The molecule has 0 amide bonds. The van der Waals surface area contributed by atoms with E-state index in [9.17, 15) is 4.79 Å². The van der Waals surface area contributed by atoms with Gasteiger partial charge in [-0.2, -0.15) is 0 Å². The molecular formula is C5H7NO3. The lowest BCUT2D eigenvalue weighted by molar-refractivity contribution is -0.129. The predicted molar refractivity (Wildman–Crippen MR) is 30.2 cm³/mol. The Kier molecular flexibility index (Phi) is 1.67. The van der Waals surface area contributed by atoms with Crippen LogP contribution in [0.15, 0.2) is 5.16 Å². The second-order valence-corrected chi connectivity index (χ2v) is 1.88. The second-order valence-electron chi connectivity index (χ2n) is 1.88. The van der Waals surface area contributed by atoms with Crippen LogP contribution >= 0.6 is 0 Å². The van der Waals surface area contributed by atoms with Gasteiger partial charge in [0.1, 0.15) is 6.10 Å². The maximum atomic E-state index is 9.77. The SMILES string of the molecule is O=C(O)/C=N/OC1CC1. The molecule has 1 aliphatic carbocycles. The van der Waals surface area contributed by atoms with Crippen molar-refractivity contribution >= 4 is 12.2 Å². The Morgan fingerprint density at radius 2 is 2.44 bits per heavy atom. The van der Waals surface area contributed by atoms with Gasteiger partial charge in [0.25, 0.3) is 0 Å². The minimum absolute atomic E-state index is 0.181. The average Bonchev–Trinajstić information content (AvgIpc) is 2.48. The van der Waals surface area contributed by atoms with Gasteiger partial charge in [0, 0.05) is 0 Å². The summed E-state index contributed by atoms with van der Waals surface area (Å²) in [6.07, 6.45) is 2.92. The van der Waals surface area contributed by atoms with Crippen molar-refractivity contribution in [2.75, 3.05) is 0 Å². The smallest absolute Gasteiger partial charge is 0.350 e. The van der Waals surface area contributed by atoms with E-state index >= 15 is 0 Å². The molecule has 0 atom stereocenters. The lowest BCUT2D eigenvalue weighted by Gasteiger charge is -1.88. The lowest BCUT2D eigenvalue weighted by atomic mass is 10.8. The number of hydrogen-bond acceptors (Lipinski definition) is 3. The van der Waals surface area contributed by atoms with Gasteiger partial charge in [-0.15, -0.1) is 0 Å². The third-order valence-corrected chi connectivity index (χ3v) is 0.897. The van der Waals surface area contributed by atoms with E-state index in [0.29, 0.717) is 0 Å². The van der Waals surface area contributed by atoms with E-state index in [1.54, 1.807) is 0 Å². The molecule has 0 aromatic heterocycles. The number of nitrogens with zero attached hydrogens (tertiary/aromatic N) is 1. The molecule has 0 aromatic carbocycles. The van der Waals surface area contributed by atoms with E-state index in [-0.39, 0.29) is 6.10 Å². The zero-order valence-corrected chi connectivity index (χ0v) is 4.78. The molecule has 0 heterocycles. The number of aliphatic carboxylic acids is 1. The molecule has 0 bridgehead atoms. The van der Waals surface area contributed by atoms with E-state index in [2.05, 4.69) is 9.99 Å². The minimum Gasteiger partial charge on any atom is -0.477 e. The first-order valence-electron chi connectivity index (χ1n) is 2.71. The molecule has 0 aliphatic heterocycles. The molecule has 4 nitrogen and oxygen atoms in total. The number of carboxylic acids is 1. The van der Waals surface area contributed by atoms with Gasteiger partial charge < -0.3 is 9.94 Å². The minimum atomic E-state index is -1.07. The van der Waals surface area contributed by atoms with Crippen LogP contribution in [-0.4, -0.2) is 23.4 Å². The van der Waals surface area contributed by atoms with E-state index in [4.69, 9.17) is 5.11 Å². The molecule has 0 aromatic rings. The van der Waals surface area contributed by atoms with Crippen LogP contribution in [0.25, 0.3) is 0 Å². The lowest BCUT2D eigenvalue weighted by Crippen LogP contribution is -1.96. The third kappa shape index (κ3) is 2.69. The molecule has 1 N–H and O–H groups in total. The molecular weight excluding hydrogens is 122 g/mol. The molecule has 1 rings (SSSR count). The molecule has 50 valence electrons. The highest BCUT2D eigenvalue weighted by atomic mass is 16.6. The largest absolute Gasteiger partial charge is 0.477 e. The van der Waals surface area contributed by atoms with Crippen molar-refractivity contribution in [2.45, 2.75) is 18.9 Å². The van der Waals surface area contributed by atoms with Gasteiger partial charge in [-0.05, 0) is 12.8 Å². The van der Waals surface area contributed by atoms with Crippen molar-refractivity contribution in [2.24, 2.45) is 5.16 Å². The molecule has 0 unspecified atom stereocenters. The first-order chi connectivity index (χ1) is 4.29. The van der Waals surface area contributed by atoms with Crippen molar-refractivity contribution in [3.63, 3.8) is 0 Å². The molecule has 4 heteroatoms. The van der Waals surface area contributed by atoms with Crippen LogP contribution in [0.5, 0.6) is 0 Å². The summed E-state index contributed by atoms with van der Waals surface area (Å²) in [5.41, 5.74) is 0. The Bertz CT molecular complexity index is 139. The van der Waals surface area contributed by atoms with Crippen molar-refractivity contribution in [3.05, 3.63) is 0 Å². The summed E-state index contributed by atoms with van der Waals surface area (Å²) in [5.74, 6) is -1.07. The van der Waals surface area contributed by atoms with E-state index in [1.165, 1.54) is 0 Å². The topological polar surface area (TPSA) is 58.9 Å². The maximum Gasteiger partial charge on any atom is 0.350 e. The average molecular weight is 129 g/mol. The summed E-state index contributed by atoms with van der Waals surface area (Å²) in [6, 6.07) is 0. The van der Waals surface area contributed by atoms with E-state index < -0.39 is 5.97 Å². The fourth-order valence-corrected chi connectivity index (χ4v) is 0.335. The predicted octanol–water partition coefficient (Wildman–Crippen LogP) is 0.236. The Balaban J connectivity index is 2.08. The quantitative estimate of drug-likeness (QED) is 0.438. The fourth-order valence-electron chi connectivity index (χ4n) is 0.335. The highest BCUT2D eigenvalue weighted by Crippen LogP contribution is 2.23. The van der Waals surface area contributed by atoms with Crippen LogP contribution in [0.2, 0.25) is 0 Å². The van der Waals surface area contributed by atoms with Gasteiger partial charge in [-0.3, -0.25) is 0 Å². The number of carboxylic acid groups (broad SMARTS) is 1. The van der Waals surface area contributed by atoms with Gasteiger partial charge in [0.05, 0.1) is 0 Å². The van der Waals surface area contributed by atoms with Crippen LogP contribution in [0.1, 0.15) is 12.8 Å². The van der Waals surface area contributed by atoms with Crippen LogP contribution in [0, 0.1) is 0 Å². The normalized spacial score (nSPS) is 18.2. The highest BCUT2D eigenvalue weighted by molar-refractivity contribution is 6.21. The highest BCUT2D eigenvalue weighted by Gasteiger charge is 2.23. The molecule has 1 fully saturated rings. The first-order valence-corrected chi connectivity index (χ1v) is 2.71. The van der Waals surface area contributed by atoms with Gasteiger partial charge >= 0.3 is 5.97 Å². The molecule has 9 heavy (non-hydrogen) atoms. The second kappa shape index (κ2) is 2.48. The van der Waals surface area contributed by atoms with Crippen LogP contribution < -0.4 is 0 Å². The van der Waals surface area contributed by atoms with Crippen molar-refractivity contribution < 1.29 is 14.7 Å². The summed E-state index contributed by atoms with van der Waals surface area (Å²) in [5, 5.41) is 11.2. The van der Waals surface area contributed by atoms with Crippen molar-refractivity contribution in [3.8, 4) is 0 Å². The summed E-state index contributed by atoms with van der Waals surface area (Å²) in [6.45, 7) is 0. The maximum absolute atomic E-state index is 9.77. The van der Waals surface area contributed by atoms with E-state index in [0.717, 1.165) is 19.1 Å². The van der Waals surface area contributed by atoms with Crippen molar-refractivity contribution in [1.29, 1.82) is 0 Å². The Hall–Kier alpha value is -1.06. The molecule has 1 aliphatic rings. The summed E-state index contributed by atoms with van der Waals surface area (Å²) >= 11 is 0. The zero-order chi connectivity index (χ0) is 6.69. The molecule has 0 saturated heterocycles. The molecule has 0 radical (unpaired) electrons. The third-order valence-electron chi connectivity index (χ3n) is 0.897. The number of rotatable bonds is 3. The summed E-state index contributed by atoms with van der Waals surface area (Å²) in [7, 11) is 0. The van der Waals surface area contributed by atoms with Crippen LogP contribution in [-0.2, 0) is 9.63 Å².